The second kappa shape index (κ2) is 7.00. The third-order valence-corrected chi connectivity index (χ3v) is 4.42. The van der Waals surface area contributed by atoms with Gasteiger partial charge in [-0.2, -0.15) is 0 Å². The molecule has 0 bridgehead atoms. The van der Waals surface area contributed by atoms with Crippen LogP contribution in [0, 0.1) is 5.82 Å². The number of rotatable bonds is 5. The number of carbonyl (C=O) groups excluding carboxylic acids is 1. The van der Waals surface area contributed by atoms with E-state index in [1.165, 1.54) is 12.1 Å². The molecule has 26 heavy (non-hydrogen) atoms. The molecule has 0 fully saturated rings. The van der Waals surface area contributed by atoms with E-state index in [1.54, 1.807) is 18.2 Å². The minimum absolute atomic E-state index is 0.142. The van der Waals surface area contributed by atoms with Gasteiger partial charge in [-0.25, -0.2) is 4.39 Å². The molecule has 0 aliphatic carbocycles. The number of nitrogens with zero attached hydrogens (tertiary/aromatic N) is 1. The number of amides is 1. The number of benzene rings is 2. The van der Waals surface area contributed by atoms with Gasteiger partial charge in [0.2, 0.25) is 0 Å². The van der Waals surface area contributed by atoms with Crippen molar-refractivity contribution < 1.29 is 14.0 Å². The zero-order chi connectivity index (χ0) is 17.9. The molecule has 1 aliphatic heterocycles. The first-order valence-corrected chi connectivity index (χ1v) is 8.49. The summed E-state index contributed by atoms with van der Waals surface area (Å²) in [6, 6.07) is 13.9. The van der Waals surface area contributed by atoms with Crippen LogP contribution in [0.25, 0.3) is 10.9 Å². The van der Waals surface area contributed by atoms with Crippen LogP contribution in [0.1, 0.15) is 22.3 Å². The number of nitrogens with one attached hydrogen (secondary N) is 2. The molecule has 0 spiro atoms. The smallest absolute Gasteiger partial charge is 0.251 e. The molecule has 1 amide bonds. The average Bonchev–Trinajstić information content (AvgIpc) is 3.30. The maximum absolute atomic E-state index is 12.9. The largest absolute Gasteiger partial charge is 0.390 e. The molecule has 0 saturated heterocycles. The minimum atomic E-state index is -0.253. The van der Waals surface area contributed by atoms with Gasteiger partial charge >= 0.3 is 0 Å². The zero-order valence-electron chi connectivity index (χ0n) is 14.0. The van der Waals surface area contributed by atoms with Gasteiger partial charge in [0.05, 0.1) is 12.3 Å². The van der Waals surface area contributed by atoms with Crippen LogP contribution in [0.3, 0.4) is 0 Å². The summed E-state index contributed by atoms with van der Waals surface area (Å²) in [5.41, 5.74) is 3.41. The van der Waals surface area contributed by atoms with Crippen LogP contribution >= 0.6 is 0 Å². The Morgan fingerprint density at radius 3 is 2.92 bits per heavy atom. The van der Waals surface area contributed by atoms with Gasteiger partial charge in [0.1, 0.15) is 11.9 Å². The molecule has 2 N–H and O–H groups in total. The fourth-order valence-corrected chi connectivity index (χ4v) is 3.04. The van der Waals surface area contributed by atoms with Gasteiger partial charge in [-0.15, -0.1) is 0 Å². The van der Waals surface area contributed by atoms with Gasteiger partial charge < -0.3 is 15.1 Å². The average molecular weight is 351 g/mol. The van der Waals surface area contributed by atoms with E-state index in [2.05, 4.69) is 15.5 Å². The highest BCUT2D eigenvalue weighted by Crippen LogP contribution is 2.16. The quantitative estimate of drug-likeness (QED) is 0.740. The second-order valence-corrected chi connectivity index (χ2v) is 6.38. The number of hydrogen-bond acceptors (Lipinski definition) is 3. The fourth-order valence-electron chi connectivity index (χ4n) is 3.04. The van der Waals surface area contributed by atoms with Gasteiger partial charge in [-0.05, 0) is 41.3 Å². The fraction of sp³-hybridized carbons (Fsp3) is 0.200. The molecule has 0 radical (unpaired) electrons. The predicted molar refractivity (Wildman–Crippen MR) is 97.7 cm³/mol. The molecular weight excluding hydrogens is 333 g/mol. The number of carbonyl (C=O) groups is 1. The summed E-state index contributed by atoms with van der Waals surface area (Å²) in [5.74, 6) is -0.395. The highest BCUT2D eigenvalue weighted by atomic mass is 19.1. The standard InChI is InChI=1S/C20H18FN3O2/c21-16-5-1-13(2-6-16)9-17-11-18(26-24-17)12-23-20(25)15-4-3-14-7-8-22-19(14)10-15/h1-8,10,18,22H,9,11-12H2,(H,23,25)/t18-/m0/s1. The molecular formula is C20H18FN3O2. The van der Waals surface area contributed by atoms with Crippen molar-refractivity contribution in [2.75, 3.05) is 6.54 Å². The third kappa shape index (κ3) is 3.59. The van der Waals surface area contributed by atoms with Crippen molar-refractivity contribution in [3.8, 4) is 0 Å². The van der Waals surface area contributed by atoms with Crippen LogP contribution in [0.2, 0.25) is 0 Å². The minimum Gasteiger partial charge on any atom is -0.390 e. The molecule has 1 aromatic heterocycles. The van der Waals surface area contributed by atoms with Crippen molar-refractivity contribution in [2.24, 2.45) is 5.16 Å². The number of oxime groups is 1. The van der Waals surface area contributed by atoms with Crippen molar-refractivity contribution >= 4 is 22.5 Å². The Morgan fingerprint density at radius 1 is 1.23 bits per heavy atom. The third-order valence-electron chi connectivity index (χ3n) is 4.42. The van der Waals surface area contributed by atoms with Crippen LogP contribution < -0.4 is 5.32 Å². The van der Waals surface area contributed by atoms with E-state index in [4.69, 9.17) is 4.84 Å². The molecule has 3 aromatic rings. The van der Waals surface area contributed by atoms with Gasteiger partial charge in [0.25, 0.3) is 5.91 Å². The molecule has 132 valence electrons. The maximum atomic E-state index is 12.9. The molecule has 0 unspecified atom stereocenters. The Hall–Kier alpha value is -3.15. The molecule has 6 heteroatoms. The number of aromatic nitrogens is 1. The highest BCUT2D eigenvalue weighted by molar-refractivity contribution is 5.98. The molecule has 4 rings (SSSR count). The van der Waals surface area contributed by atoms with Crippen LogP contribution in [0.15, 0.2) is 59.9 Å². The SMILES string of the molecule is O=C(NC[C@@H]1CC(Cc2ccc(F)cc2)=NO1)c1ccc2cc[nH]c2c1. The first-order chi connectivity index (χ1) is 12.7. The molecule has 1 aliphatic rings. The predicted octanol–water partition coefficient (Wildman–Crippen LogP) is 3.42. The van der Waals surface area contributed by atoms with E-state index in [0.717, 1.165) is 22.2 Å². The topological polar surface area (TPSA) is 66.5 Å². The van der Waals surface area contributed by atoms with Gasteiger partial charge in [0, 0.05) is 30.1 Å². The second-order valence-electron chi connectivity index (χ2n) is 6.38. The number of aromatic amines is 1. The lowest BCUT2D eigenvalue weighted by Gasteiger charge is -2.10. The Labute approximate surface area is 149 Å². The monoisotopic (exact) mass is 351 g/mol. The lowest BCUT2D eigenvalue weighted by molar-refractivity contribution is 0.0753. The molecule has 5 nitrogen and oxygen atoms in total. The maximum Gasteiger partial charge on any atom is 0.251 e. The summed E-state index contributed by atoms with van der Waals surface area (Å²) in [6.07, 6.45) is 2.93. The van der Waals surface area contributed by atoms with Crippen molar-refractivity contribution in [3.05, 3.63) is 71.7 Å². The summed E-state index contributed by atoms with van der Waals surface area (Å²) in [4.78, 5) is 20.8. The van der Waals surface area contributed by atoms with Crippen molar-refractivity contribution in [2.45, 2.75) is 18.9 Å². The van der Waals surface area contributed by atoms with Crippen molar-refractivity contribution in [1.29, 1.82) is 0 Å². The van der Waals surface area contributed by atoms with Gasteiger partial charge in [-0.3, -0.25) is 4.79 Å². The normalized spacial score (nSPS) is 16.3. The number of H-pyrrole nitrogens is 1. The van der Waals surface area contributed by atoms with Gasteiger partial charge in [-0.1, -0.05) is 23.4 Å². The molecule has 0 saturated carbocycles. The Morgan fingerprint density at radius 2 is 2.08 bits per heavy atom. The van der Waals surface area contributed by atoms with Crippen LogP contribution in [-0.2, 0) is 11.3 Å². The lowest BCUT2D eigenvalue weighted by atomic mass is 10.0. The summed E-state index contributed by atoms with van der Waals surface area (Å²) in [6.45, 7) is 0.387. The number of hydrogen-bond donors (Lipinski definition) is 2. The van der Waals surface area contributed by atoms with E-state index >= 15 is 0 Å². The Balaban J connectivity index is 1.29. The lowest BCUT2D eigenvalue weighted by Crippen LogP contribution is -2.32. The van der Waals surface area contributed by atoms with Crippen molar-refractivity contribution in [1.82, 2.24) is 10.3 Å². The molecule has 1 atom stereocenters. The van der Waals surface area contributed by atoms with E-state index in [-0.39, 0.29) is 17.8 Å². The first kappa shape index (κ1) is 16.3. The molecule has 2 heterocycles. The summed E-state index contributed by atoms with van der Waals surface area (Å²) < 4.78 is 12.9. The van der Waals surface area contributed by atoms with Crippen LogP contribution in [-0.4, -0.2) is 29.3 Å². The van der Waals surface area contributed by atoms with Crippen LogP contribution in [0.4, 0.5) is 4.39 Å². The van der Waals surface area contributed by atoms with E-state index in [1.807, 2.05) is 24.4 Å². The number of fused-ring (bicyclic) bond motifs is 1. The molecule has 2 aromatic carbocycles. The Kier molecular flexibility index (Phi) is 4.39. The summed E-state index contributed by atoms with van der Waals surface area (Å²) in [7, 11) is 0. The van der Waals surface area contributed by atoms with Crippen molar-refractivity contribution in [3.63, 3.8) is 0 Å². The first-order valence-electron chi connectivity index (χ1n) is 8.49. The number of halogens is 1. The summed E-state index contributed by atoms with van der Waals surface area (Å²) >= 11 is 0. The van der Waals surface area contributed by atoms with Gasteiger partial charge in [0.15, 0.2) is 0 Å². The van der Waals surface area contributed by atoms with Crippen LogP contribution in [0.5, 0.6) is 0 Å². The highest BCUT2D eigenvalue weighted by Gasteiger charge is 2.22. The van der Waals surface area contributed by atoms with E-state index < -0.39 is 0 Å². The van der Waals surface area contributed by atoms with E-state index in [9.17, 15) is 9.18 Å². The van der Waals surface area contributed by atoms with E-state index in [0.29, 0.717) is 24.9 Å². The Bertz CT molecular complexity index is 963. The summed E-state index contributed by atoms with van der Waals surface area (Å²) in [5, 5.41) is 8.04. The zero-order valence-corrected chi connectivity index (χ0v) is 14.0.